The van der Waals surface area contributed by atoms with Crippen LogP contribution in [0, 0.1) is 6.92 Å². The van der Waals surface area contributed by atoms with Gasteiger partial charge in [0, 0.05) is 5.56 Å². The third kappa shape index (κ3) is 2.32. The molecule has 0 aliphatic rings. The van der Waals surface area contributed by atoms with E-state index in [0.717, 1.165) is 11.1 Å². The number of rotatable bonds is 2. The highest BCUT2D eigenvalue weighted by atomic mass is 16.5. The molecule has 4 heteroatoms. The van der Waals surface area contributed by atoms with Crippen molar-refractivity contribution >= 4 is 5.97 Å². The van der Waals surface area contributed by atoms with Crippen LogP contribution < -0.4 is 5.63 Å². The standard InChI is InChI=1S/C14H12O4/c1-9-3-5-10(6-4-9)12-8-7-11(13(15)17-2)14(16)18-12/h3-8H,1-2H3. The fourth-order valence-corrected chi connectivity index (χ4v) is 1.55. The fourth-order valence-electron chi connectivity index (χ4n) is 1.55. The van der Waals surface area contributed by atoms with E-state index in [1.807, 2.05) is 31.2 Å². The summed E-state index contributed by atoms with van der Waals surface area (Å²) in [6.45, 7) is 1.97. The van der Waals surface area contributed by atoms with Crippen LogP contribution in [0.5, 0.6) is 0 Å². The summed E-state index contributed by atoms with van der Waals surface area (Å²) < 4.78 is 9.58. The van der Waals surface area contributed by atoms with Crippen LogP contribution in [0.4, 0.5) is 0 Å². The predicted octanol–water partition coefficient (Wildman–Crippen LogP) is 2.40. The minimum Gasteiger partial charge on any atom is -0.465 e. The molecule has 1 aromatic carbocycles. The lowest BCUT2D eigenvalue weighted by molar-refractivity contribution is 0.0595. The topological polar surface area (TPSA) is 56.5 Å². The molecule has 2 rings (SSSR count). The molecule has 0 unspecified atom stereocenters. The molecular weight excluding hydrogens is 232 g/mol. The van der Waals surface area contributed by atoms with Gasteiger partial charge in [-0.2, -0.15) is 0 Å². The van der Waals surface area contributed by atoms with Gasteiger partial charge in [0.05, 0.1) is 7.11 Å². The van der Waals surface area contributed by atoms with E-state index < -0.39 is 11.6 Å². The molecule has 0 spiro atoms. The molecule has 0 saturated carbocycles. The maximum Gasteiger partial charge on any atom is 0.350 e. The summed E-state index contributed by atoms with van der Waals surface area (Å²) in [6, 6.07) is 10.5. The Balaban J connectivity index is 2.43. The van der Waals surface area contributed by atoms with E-state index in [0.29, 0.717) is 5.76 Å². The smallest absolute Gasteiger partial charge is 0.350 e. The summed E-state index contributed by atoms with van der Waals surface area (Å²) >= 11 is 0. The van der Waals surface area contributed by atoms with Crippen molar-refractivity contribution < 1.29 is 13.9 Å². The minimum atomic E-state index is -0.695. The molecule has 4 nitrogen and oxygen atoms in total. The maximum absolute atomic E-state index is 11.6. The Kier molecular flexibility index (Phi) is 3.28. The Bertz CT molecular complexity index is 623. The van der Waals surface area contributed by atoms with Gasteiger partial charge in [0.2, 0.25) is 0 Å². The van der Waals surface area contributed by atoms with Gasteiger partial charge in [-0.3, -0.25) is 0 Å². The second-order valence-corrected chi connectivity index (χ2v) is 3.86. The number of carbonyl (C=O) groups excluding carboxylic acids is 1. The Hall–Kier alpha value is -2.36. The second kappa shape index (κ2) is 4.87. The summed E-state index contributed by atoms with van der Waals surface area (Å²) in [5.41, 5.74) is 1.11. The van der Waals surface area contributed by atoms with Gasteiger partial charge in [-0.25, -0.2) is 9.59 Å². The van der Waals surface area contributed by atoms with Crippen LogP contribution in [0.25, 0.3) is 11.3 Å². The monoisotopic (exact) mass is 244 g/mol. The van der Waals surface area contributed by atoms with E-state index in [1.54, 1.807) is 6.07 Å². The number of esters is 1. The summed E-state index contributed by atoms with van der Waals surface area (Å²) in [7, 11) is 1.22. The quantitative estimate of drug-likeness (QED) is 0.761. The van der Waals surface area contributed by atoms with Crippen LogP contribution in [0.2, 0.25) is 0 Å². The van der Waals surface area contributed by atoms with E-state index in [-0.39, 0.29) is 5.56 Å². The van der Waals surface area contributed by atoms with Gasteiger partial charge in [0.15, 0.2) is 0 Å². The molecule has 2 aromatic rings. The zero-order valence-corrected chi connectivity index (χ0v) is 10.1. The third-order valence-corrected chi connectivity index (χ3v) is 2.57. The molecule has 0 bridgehead atoms. The van der Waals surface area contributed by atoms with Crippen molar-refractivity contribution in [2.75, 3.05) is 7.11 Å². The van der Waals surface area contributed by atoms with Crippen LogP contribution in [0.1, 0.15) is 15.9 Å². The van der Waals surface area contributed by atoms with Crippen LogP contribution in [-0.4, -0.2) is 13.1 Å². The van der Waals surface area contributed by atoms with Crippen molar-refractivity contribution in [2.45, 2.75) is 6.92 Å². The van der Waals surface area contributed by atoms with Crippen molar-refractivity contribution in [1.29, 1.82) is 0 Å². The highest BCUT2D eigenvalue weighted by Gasteiger charge is 2.13. The molecule has 0 aliphatic heterocycles. The van der Waals surface area contributed by atoms with E-state index in [9.17, 15) is 9.59 Å². The molecule has 0 atom stereocenters. The molecule has 1 aromatic heterocycles. The molecule has 0 saturated heterocycles. The predicted molar refractivity (Wildman–Crippen MR) is 66.5 cm³/mol. The lowest BCUT2D eigenvalue weighted by atomic mass is 10.1. The second-order valence-electron chi connectivity index (χ2n) is 3.86. The maximum atomic E-state index is 11.6. The molecular formula is C14H12O4. The molecule has 92 valence electrons. The van der Waals surface area contributed by atoms with Gasteiger partial charge in [0.1, 0.15) is 11.3 Å². The van der Waals surface area contributed by atoms with Crippen molar-refractivity contribution in [3.63, 3.8) is 0 Å². The number of aryl methyl sites for hydroxylation is 1. The number of methoxy groups -OCH3 is 1. The lowest BCUT2D eigenvalue weighted by Gasteiger charge is -2.02. The van der Waals surface area contributed by atoms with E-state index >= 15 is 0 Å². The van der Waals surface area contributed by atoms with Crippen molar-refractivity contribution in [2.24, 2.45) is 0 Å². The first-order valence-electron chi connectivity index (χ1n) is 5.41. The van der Waals surface area contributed by atoms with Gasteiger partial charge >= 0.3 is 11.6 Å². The third-order valence-electron chi connectivity index (χ3n) is 2.57. The Morgan fingerprint density at radius 1 is 1.11 bits per heavy atom. The van der Waals surface area contributed by atoms with Crippen LogP contribution in [0.3, 0.4) is 0 Å². The molecule has 0 N–H and O–H groups in total. The van der Waals surface area contributed by atoms with Crippen LogP contribution >= 0.6 is 0 Å². The zero-order chi connectivity index (χ0) is 13.1. The number of benzene rings is 1. The fraction of sp³-hybridized carbons (Fsp3) is 0.143. The molecule has 0 radical (unpaired) electrons. The van der Waals surface area contributed by atoms with Crippen molar-refractivity contribution in [3.05, 3.63) is 57.9 Å². The van der Waals surface area contributed by atoms with Crippen molar-refractivity contribution in [1.82, 2.24) is 0 Å². The Morgan fingerprint density at radius 3 is 2.33 bits per heavy atom. The molecule has 0 fully saturated rings. The average Bonchev–Trinajstić information content (AvgIpc) is 2.38. The Morgan fingerprint density at radius 2 is 1.78 bits per heavy atom. The zero-order valence-electron chi connectivity index (χ0n) is 10.1. The number of carbonyl (C=O) groups is 1. The lowest BCUT2D eigenvalue weighted by Crippen LogP contribution is -2.14. The van der Waals surface area contributed by atoms with Gasteiger partial charge in [0.25, 0.3) is 0 Å². The SMILES string of the molecule is COC(=O)c1ccc(-c2ccc(C)cc2)oc1=O. The first-order valence-corrected chi connectivity index (χ1v) is 5.41. The summed E-state index contributed by atoms with van der Waals surface area (Å²) in [5.74, 6) is -0.271. The van der Waals surface area contributed by atoms with Crippen LogP contribution in [0.15, 0.2) is 45.6 Å². The number of hydrogen-bond donors (Lipinski definition) is 0. The summed E-state index contributed by atoms with van der Waals surface area (Å²) in [4.78, 5) is 22.9. The number of hydrogen-bond acceptors (Lipinski definition) is 4. The summed E-state index contributed by atoms with van der Waals surface area (Å²) in [5, 5.41) is 0. The Labute approximate surface area is 104 Å². The number of ether oxygens (including phenoxy) is 1. The van der Waals surface area contributed by atoms with Crippen LogP contribution in [-0.2, 0) is 4.74 Å². The molecule has 18 heavy (non-hydrogen) atoms. The largest absolute Gasteiger partial charge is 0.465 e. The van der Waals surface area contributed by atoms with Gasteiger partial charge in [-0.05, 0) is 19.1 Å². The minimum absolute atomic E-state index is 0.103. The van der Waals surface area contributed by atoms with E-state index in [4.69, 9.17) is 4.42 Å². The summed E-state index contributed by atoms with van der Waals surface area (Å²) in [6.07, 6.45) is 0. The first kappa shape index (κ1) is 12.1. The average molecular weight is 244 g/mol. The highest BCUT2D eigenvalue weighted by Crippen LogP contribution is 2.18. The van der Waals surface area contributed by atoms with Crippen molar-refractivity contribution in [3.8, 4) is 11.3 Å². The van der Waals surface area contributed by atoms with Gasteiger partial charge in [-0.1, -0.05) is 29.8 Å². The molecule has 1 heterocycles. The van der Waals surface area contributed by atoms with Gasteiger partial charge < -0.3 is 9.15 Å². The molecule has 0 aliphatic carbocycles. The molecule has 0 amide bonds. The van der Waals surface area contributed by atoms with E-state index in [1.165, 1.54) is 13.2 Å². The van der Waals surface area contributed by atoms with Gasteiger partial charge in [-0.15, -0.1) is 0 Å². The van der Waals surface area contributed by atoms with E-state index in [2.05, 4.69) is 4.74 Å². The highest BCUT2D eigenvalue weighted by molar-refractivity contribution is 5.88. The first-order chi connectivity index (χ1) is 8.61. The normalized spacial score (nSPS) is 10.1.